The molecule has 1 aromatic rings. The van der Waals surface area contributed by atoms with Crippen LogP contribution in [0.1, 0.15) is 27.2 Å². The third kappa shape index (κ3) is 5.09. The van der Waals surface area contributed by atoms with Crippen LogP contribution in [0.15, 0.2) is 29.2 Å². The smallest absolute Gasteiger partial charge is 0.409 e. The molecular weight excluding hydrogens is 344 g/mol. The van der Waals surface area contributed by atoms with Crippen molar-refractivity contribution in [3.63, 3.8) is 0 Å². The van der Waals surface area contributed by atoms with E-state index in [1.165, 1.54) is 4.31 Å². The highest BCUT2D eigenvalue weighted by Gasteiger charge is 2.28. The summed E-state index contributed by atoms with van der Waals surface area (Å²) in [5.74, 6) is 0.637. The SMILES string of the molecule is CCOC(=O)N1CCCN(S(=O)(=O)c2ccc(OC(C)C)cc2)CC1. The maximum absolute atomic E-state index is 12.8. The monoisotopic (exact) mass is 370 g/mol. The summed E-state index contributed by atoms with van der Waals surface area (Å²) < 4.78 is 37.6. The lowest BCUT2D eigenvalue weighted by Gasteiger charge is -2.21. The van der Waals surface area contributed by atoms with Crippen LogP contribution in [-0.2, 0) is 14.8 Å². The number of sulfonamides is 1. The van der Waals surface area contributed by atoms with Crippen LogP contribution in [0.4, 0.5) is 4.79 Å². The van der Waals surface area contributed by atoms with Gasteiger partial charge in [-0.15, -0.1) is 0 Å². The molecule has 0 spiro atoms. The lowest BCUT2D eigenvalue weighted by Crippen LogP contribution is -2.37. The van der Waals surface area contributed by atoms with Gasteiger partial charge in [0.25, 0.3) is 0 Å². The normalized spacial score (nSPS) is 16.6. The molecule has 7 nitrogen and oxygen atoms in total. The molecule has 1 aromatic carbocycles. The summed E-state index contributed by atoms with van der Waals surface area (Å²) in [6, 6.07) is 6.44. The Bertz CT molecular complexity index is 673. The third-order valence-electron chi connectivity index (χ3n) is 3.81. The highest BCUT2D eigenvalue weighted by molar-refractivity contribution is 7.89. The average Bonchev–Trinajstić information content (AvgIpc) is 2.81. The molecule has 2 rings (SSSR count). The summed E-state index contributed by atoms with van der Waals surface area (Å²) in [5.41, 5.74) is 0. The number of hydrogen-bond donors (Lipinski definition) is 0. The van der Waals surface area contributed by atoms with Gasteiger partial charge >= 0.3 is 6.09 Å². The predicted molar refractivity (Wildman–Crippen MR) is 94.2 cm³/mol. The van der Waals surface area contributed by atoms with Gasteiger partial charge in [-0.05, 0) is 51.5 Å². The van der Waals surface area contributed by atoms with E-state index in [4.69, 9.17) is 9.47 Å². The summed E-state index contributed by atoms with van der Waals surface area (Å²) in [6.45, 7) is 7.34. The summed E-state index contributed by atoms with van der Waals surface area (Å²) >= 11 is 0. The molecule has 1 fully saturated rings. The summed E-state index contributed by atoms with van der Waals surface area (Å²) in [6.07, 6.45) is 0.214. The van der Waals surface area contributed by atoms with Crippen LogP contribution < -0.4 is 4.74 Å². The molecule has 0 N–H and O–H groups in total. The van der Waals surface area contributed by atoms with Crippen molar-refractivity contribution < 1.29 is 22.7 Å². The fourth-order valence-corrected chi connectivity index (χ4v) is 4.11. The van der Waals surface area contributed by atoms with E-state index >= 15 is 0 Å². The summed E-state index contributed by atoms with van der Waals surface area (Å²) in [5, 5.41) is 0. The number of carbonyl (C=O) groups excluding carboxylic acids is 1. The van der Waals surface area contributed by atoms with Crippen molar-refractivity contribution in [1.29, 1.82) is 0 Å². The second kappa shape index (κ2) is 8.53. The highest BCUT2D eigenvalue weighted by atomic mass is 32.2. The molecular formula is C17H26N2O5S. The lowest BCUT2D eigenvalue weighted by molar-refractivity contribution is 0.109. The van der Waals surface area contributed by atoms with Crippen LogP contribution in [0, 0.1) is 0 Å². The molecule has 1 heterocycles. The van der Waals surface area contributed by atoms with Gasteiger partial charge in [0.15, 0.2) is 0 Å². The van der Waals surface area contributed by atoms with Crippen molar-refractivity contribution in [2.45, 2.75) is 38.2 Å². The van der Waals surface area contributed by atoms with Crippen LogP contribution in [0.5, 0.6) is 5.75 Å². The molecule has 8 heteroatoms. The fourth-order valence-electron chi connectivity index (χ4n) is 2.64. The van der Waals surface area contributed by atoms with E-state index in [0.29, 0.717) is 38.4 Å². The Morgan fingerprint density at radius 3 is 2.40 bits per heavy atom. The van der Waals surface area contributed by atoms with E-state index in [1.54, 1.807) is 36.1 Å². The van der Waals surface area contributed by atoms with Crippen molar-refractivity contribution in [3.05, 3.63) is 24.3 Å². The van der Waals surface area contributed by atoms with Crippen molar-refractivity contribution >= 4 is 16.1 Å². The van der Waals surface area contributed by atoms with E-state index in [9.17, 15) is 13.2 Å². The van der Waals surface area contributed by atoms with Gasteiger partial charge < -0.3 is 14.4 Å². The van der Waals surface area contributed by atoms with Gasteiger partial charge in [-0.2, -0.15) is 4.31 Å². The first-order valence-corrected chi connectivity index (χ1v) is 9.97. The number of nitrogens with zero attached hydrogens (tertiary/aromatic N) is 2. The van der Waals surface area contributed by atoms with E-state index in [0.717, 1.165) is 0 Å². The first-order chi connectivity index (χ1) is 11.8. The first-order valence-electron chi connectivity index (χ1n) is 8.53. The number of carbonyl (C=O) groups is 1. The van der Waals surface area contributed by atoms with Gasteiger partial charge in [0.05, 0.1) is 17.6 Å². The summed E-state index contributed by atoms with van der Waals surface area (Å²) in [4.78, 5) is 13.6. The molecule has 0 aromatic heterocycles. The standard InChI is InChI=1S/C17H26N2O5S/c1-4-23-17(20)18-10-5-11-19(13-12-18)25(21,22)16-8-6-15(7-9-16)24-14(2)3/h6-9,14H,4-5,10-13H2,1-3H3. The first kappa shape index (κ1) is 19.5. The van der Waals surface area contributed by atoms with Gasteiger partial charge in [-0.1, -0.05) is 0 Å². The van der Waals surface area contributed by atoms with Gasteiger partial charge in [0.1, 0.15) is 5.75 Å². The molecule has 1 amide bonds. The average molecular weight is 370 g/mol. The second-order valence-electron chi connectivity index (χ2n) is 6.08. The molecule has 1 saturated heterocycles. The van der Waals surface area contributed by atoms with Gasteiger partial charge in [0.2, 0.25) is 10.0 Å². The highest BCUT2D eigenvalue weighted by Crippen LogP contribution is 2.21. The predicted octanol–water partition coefficient (Wildman–Crippen LogP) is 2.33. The Morgan fingerprint density at radius 1 is 1.12 bits per heavy atom. The van der Waals surface area contributed by atoms with Crippen LogP contribution in [0.3, 0.4) is 0 Å². The number of benzene rings is 1. The quantitative estimate of drug-likeness (QED) is 0.795. The number of amides is 1. The molecule has 0 aliphatic carbocycles. The third-order valence-corrected chi connectivity index (χ3v) is 5.73. The Hall–Kier alpha value is -1.80. The number of hydrogen-bond acceptors (Lipinski definition) is 5. The molecule has 140 valence electrons. The molecule has 25 heavy (non-hydrogen) atoms. The Kier molecular flexibility index (Phi) is 6.66. The van der Waals surface area contributed by atoms with Crippen LogP contribution in [0.25, 0.3) is 0 Å². The van der Waals surface area contributed by atoms with Gasteiger partial charge in [-0.3, -0.25) is 0 Å². The van der Waals surface area contributed by atoms with E-state index in [1.807, 2.05) is 13.8 Å². The Labute approximate surface area is 149 Å². The second-order valence-corrected chi connectivity index (χ2v) is 8.02. The van der Waals surface area contributed by atoms with Crippen LogP contribution in [0.2, 0.25) is 0 Å². The molecule has 0 unspecified atom stereocenters. The van der Waals surface area contributed by atoms with Gasteiger partial charge in [0, 0.05) is 26.2 Å². The van der Waals surface area contributed by atoms with Crippen molar-refractivity contribution in [2.75, 3.05) is 32.8 Å². The zero-order chi connectivity index (χ0) is 18.4. The summed E-state index contributed by atoms with van der Waals surface area (Å²) in [7, 11) is -3.59. The van der Waals surface area contributed by atoms with E-state index in [-0.39, 0.29) is 17.5 Å². The molecule has 0 bridgehead atoms. The van der Waals surface area contributed by atoms with Crippen LogP contribution >= 0.6 is 0 Å². The fraction of sp³-hybridized carbons (Fsp3) is 0.588. The molecule has 1 aliphatic heterocycles. The Morgan fingerprint density at radius 2 is 1.80 bits per heavy atom. The molecule has 0 atom stereocenters. The number of ether oxygens (including phenoxy) is 2. The van der Waals surface area contributed by atoms with Crippen molar-refractivity contribution in [1.82, 2.24) is 9.21 Å². The minimum absolute atomic E-state index is 0.0296. The maximum atomic E-state index is 12.8. The van der Waals surface area contributed by atoms with E-state index in [2.05, 4.69) is 0 Å². The number of rotatable bonds is 5. The lowest BCUT2D eigenvalue weighted by atomic mass is 10.3. The zero-order valence-corrected chi connectivity index (χ0v) is 15.8. The molecule has 0 radical (unpaired) electrons. The molecule has 0 saturated carbocycles. The van der Waals surface area contributed by atoms with Gasteiger partial charge in [-0.25, -0.2) is 13.2 Å². The molecule has 1 aliphatic rings. The minimum Gasteiger partial charge on any atom is -0.491 e. The Balaban J connectivity index is 2.07. The topological polar surface area (TPSA) is 76.2 Å². The zero-order valence-electron chi connectivity index (χ0n) is 15.0. The maximum Gasteiger partial charge on any atom is 0.409 e. The minimum atomic E-state index is -3.59. The van der Waals surface area contributed by atoms with Crippen molar-refractivity contribution in [2.24, 2.45) is 0 Å². The van der Waals surface area contributed by atoms with Crippen LogP contribution in [-0.4, -0.2) is 62.6 Å². The largest absolute Gasteiger partial charge is 0.491 e. The van der Waals surface area contributed by atoms with E-state index < -0.39 is 16.1 Å². The van der Waals surface area contributed by atoms with Crippen molar-refractivity contribution in [3.8, 4) is 5.75 Å².